The molecule has 2 amide bonds. The van der Waals surface area contributed by atoms with E-state index in [4.69, 9.17) is 0 Å². The van der Waals surface area contributed by atoms with Crippen LogP contribution in [0.2, 0.25) is 0 Å². The number of nitrogens with zero attached hydrogens (tertiary/aromatic N) is 3. The zero-order chi connectivity index (χ0) is 22.1. The number of likely N-dealkylation sites (N-methyl/N-ethyl adjacent to an activating group) is 2. The first-order valence-corrected chi connectivity index (χ1v) is 10.2. The number of amides is 2. The van der Waals surface area contributed by atoms with E-state index >= 15 is 0 Å². The van der Waals surface area contributed by atoms with Gasteiger partial charge in [0.05, 0.1) is 5.69 Å². The molecule has 2 aromatic rings. The first-order valence-electron chi connectivity index (χ1n) is 10.2. The van der Waals surface area contributed by atoms with Gasteiger partial charge in [-0.3, -0.25) is 14.5 Å². The third kappa shape index (κ3) is 4.39. The fraction of sp³-hybridized carbons (Fsp3) is 0.500. The molecule has 1 unspecified atom stereocenters. The van der Waals surface area contributed by atoms with Gasteiger partial charge in [-0.1, -0.05) is 51.1 Å². The highest BCUT2D eigenvalue weighted by Gasteiger charge is 2.35. The van der Waals surface area contributed by atoms with E-state index in [0.29, 0.717) is 24.5 Å². The van der Waals surface area contributed by atoms with Crippen LogP contribution in [0.4, 0.5) is 0 Å². The first kappa shape index (κ1) is 22.0. The average molecular weight is 414 g/mol. The van der Waals surface area contributed by atoms with Gasteiger partial charge in [0.1, 0.15) is 18.0 Å². The summed E-state index contributed by atoms with van der Waals surface area (Å²) >= 11 is 0. The lowest BCUT2D eigenvalue weighted by atomic mass is 9.86. The molecular weight excluding hydrogens is 382 g/mol. The van der Waals surface area contributed by atoms with E-state index in [1.165, 1.54) is 0 Å². The second kappa shape index (κ2) is 8.57. The Morgan fingerprint density at radius 2 is 1.83 bits per heavy atom. The van der Waals surface area contributed by atoms with Gasteiger partial charge in [0.15, 0.2) is 5.69 Å². The Bertz CT molecular complexity index is 917. The molecule has 30 heavy (non-hydrogen) atoms. The van der Waals surface area contributed by atoms with Gasteiger partial charge < -0.3 is 20.3 Å². The molecule has 1 aromatic heterocycles. The summed E-state index contributed by atoms with van der Waals surface area (Å²) < 4.78 is 1.93. The van der Waals surface area contributed by atoms with Crippen LogP contribution in [0.1, 0.15) is 54.4 Å². The van der Waals surface area contributed by atoms with Crippen molar-refractivity contribution in [2.24, 2.45) is 5.41 Å². The fourth-order valence-corrected chi connectivity index (χ4v) is 3.71. The number of aromatic nitrogens is 2. The van der Waals surface area contributed by atoms with Crippen LogP contribution in [0.15, 0.2) is 30.3 Å². The van der Waals surface area contributed by atoms with E-state index < -0.39 is 23.5 Å². The van der Waals surface area contributed by atoms with Crippen LogP contribution in [0.25, 0.3) is 0 Å². The maximum Gasteiger partial charge on any atom is 0.272 e. The maximum atomic E-state index is 13.2. The monoisotopic (exact) mass is 413 g/mol. The Balaban J connectivity index is 1.99. The molecule has 0 bridgehead atoms. The number of nitrogens with one attached hydrogen (secondary N) is 2. The topological polar surface area (TPSA) is 99.5 Å². The largest absolute Gasteiger partial charge is 0.380 e. The van der Waals surface area contributed by atoms with E-state index in [0.717, 1.165) is 12.2 Å². The molecule has 1 aromatic carbocycles. The van der Waals surface area contributed by atoms with Crippen molar-refractivity contribution in [1.82, 2.24) is 25.1 Å². The summed E-state index contributed by atoms with van der Waals surface area (Å²) in [6.45, 7) is 7.65. The lowest BCUT2D eigenvalue weighted by Crippen LogP contribution is -2.53. The smallest absolute Gasteiger partial charge is 0.272 e. The van der Waals surface area contributed by atoms with Gasteiger partial charge in [0, 0.05) is 26.7 Å². The molecule has 3 rings (SSSR count). The Morgan fingerprint density at radius 3 is 2.43 bits per heavy atom. The van der Waals surface area contributed by atoms with Gasteiger partial charge in [-0.05, 0) is 18.0 Å². The van der Waals surface area contributed by atoms with Gasteiger partial charge >= 0.3 is 0 Å². The first-order chi connectivity index (χ1) is 14.1. The van der Waals surface area contributed by atoms with E-state index in [1.54, 1.807) is 7.05 Å². The number of carbonyl (C=O) groups is 2. The fourth-order valence-electron chi connectivity index (χ4n) is 3.71. The molecule has 162 valence electrons. The summed E-state index contributed by atoms with van der Waals surface area (Å²) in [7, 11) is 3.53. The Hall–Kier alpha value is -2.71. The summed E-state index contributed by atoms with van der Waals surface area (Å²) in [6.07, 6.45) is -0.938. The Morgan fingerprint density at radius 1 is 1.17 bits per heavy atom. The van der Waals surface area contributed by atoms with Crippen molar-refractivity contribution in [3.8, 4) is 0 Å². The van der Waals surface area contributed by atoms with Crippen molar-refractivity contribution in [3.05, 3.63) is 53.1 Å². The van der Waals surface area contributed by atoms with E-state index in [1.807, 2.05) is 62.7 Å². The van der Waals surface area contributed by atoms with Crippen molar-refractivity contribution >= 4 is 11.8 Å². The highest BCUT2D eigenvalue weighted by Crippen LogP contribution is 2.27. The molecule has 0 saturated carbocycles. The second-order valence-electron chi connectivity index (χ2n) is 8.85. The van der Waals surface area contributed by atoms with E-state index in [2.05, 4.69) is 20.5 Å². The van der Waals surface area contributed by atoms with Gasteiger partial charge in [0.25, 0.3) is 5.91 Å². The van der Waals surface area contributed by atoms with Crippen LogP contribution >= 0.6 is 0 Å². The van der Waals surface area contributed by atoms with Crippen molar-refractivity contribution in [2.75, 3.05) is 20.6 Å². The zero-order valence-electron chi connectivity index (χ0n) is 18.3. The van der Waals surface area contributed by atoms with Crippen LogP contribution in [0.3, 0.4) is 0 Å². The van der Waals surface area contributed by atoms with Gasteiger partial charge in [0.2, 0.25) is 5.91 Å². The van der Waals surface area contributed by atoms with E-state index in [9.17, 15) is 14.7 Å². The molecule has 0 fully saturated rings. The summed E-state index contributed by atoms with van der Waals surface area (Å²) in [6, 6.07) is 8.56. The minimum atomic E-state index is -0.938. The molecule has 0 spiro atoms. The highest BCUT2D eigenvalue weighted by atomic mass is 16.3. The molecule has 1 aliphatic rings. The molecule has 2 heterocycles. The number of benzene rings is 1. The molecular formula is C22H31N5O3. The number of imidazole rings is 1. The summed E-state index contributed by atoms with van der Waals surface area (Å²) in [5.74, 6) is -0.226. The normalized spacial score (nSPS) is 16.5. The molecule has 8 nitrogen and oxygen atoms in total. The number of fused-ring (bicyclic) bond motifs is 1. The molecule has 0 saturated heterocycles. The average Bonchev–Trinajstić information content (AvgIpc) is 3.09. The van der Waals surface area contributed by atoms with Crippen LogP contribution in [-0.4, -0.2) is 58.1 Å². The van der Waals surface area contributed by atoms with Gasteiger partial charge in [-0.15, -0.1) is 0 Å². The quantitative estimate of drug-likeness (QED) is 0.686. The number of aliphatic hydroxyl groups is 1. The lowest BCUT2D eigenvalue weighted by molar-refractivity contribution is -0.124. The van der Waals surface area contributed by atoms with Crippen molar-refractivity contribution in [1.29, 1.82) is 0 Å². The molecule has 0 aliphatic carbocycles. The predicted molar refractivity (Wildman–Crippen MR) is 114 cm³/mol. The molecule has 0 radical (unpaired) electrons. The molecule has 8 heteroatoms. The van der Waals surface area contributed by atoms with Crippen LogP contribution in [0.5, 0.6) is 0 Å². The highest BCUT2D eigenvalue weighted by molar-refractivity contribution is 5.97. The number of hydrogen-bond acceptors (Lipinski definition) is 5. The summed E-state index contributed by atoms with van der Waals surface area (Å²) in [5.41, 5.74) is 1.24. The van der Waals surface area contributed by atoms with Gasteiger partial charge in [-0.2, -0.15) is 0 Å². The van der Waals surface area contributed by atoms with Crippen LogP contribution < -0.4 is 10.6 Å². The van der Waals surface area contributed by atoms with Crippen molar-refractivity contribution < 1.29 is 14.7 Å². The number of rotatable bonds is 5. The standard InChI is InChI=1S/C22H31N5O3/c1-22(2,3)18(21(30)23-4)25-20(29)16-15-13-26(5)11-12-27(15)19(24-16)17(28)14-9-7-6-8-10-14/h6-10,17-18,28H,11-13H2,1-5H3,(H,23,30)(H,25,29)/t17?,18-/m1/s1. The SMILES string of the molecule is CNC(=O)[C@@H](NC(=O)c1nc(C(O)c2ccccc2)n2c1CN(C)CC2)C(C)(C)C. The summed E-state index contributed by atoms with van der Waals surface area (Å²) in [5, 5.41) is 16.4. The Labute approximate surface area is 177 Å². The van der Waals surface area contributed by atoms with Crippen LogP contribution in [-0.2, 0) is 17.9 Å². The summed E-state index contributed by atoms with van der Waals surface area (Å²) in [4.78, 5) is 32.2. The van der Waals surface area contributed by atoms with Crippen molar-refractivity contribution in [2.45, 2.75) is 46.0 Å². The molecule has 2 atom stereocenters. The van der Waals surface area contributed by atoms with E-state index in [-0.39, 0.29) is 11.6 Å². The van der Waals surface area contributed by atoms with Gasteiger partial charge in [-0.25, -0.2) is 4.98 Å². The minimum absolute atomic E-state index is 0.254. The lowest BCUT2D eigenvalue weighted by Gasteiger charge is -2.30. The van der Waals surface area contributed by atoms with Crippen molar-refractivity contribution in [3.63, 3.8) is 0 Å². The third-order valence-corrected chi connectivity index (χ3v) is 5.45. The second-order valence-corrected chi connectivity index (χ2v) is 8.85. The van der Waals surface area contributed by atoms with Crippen LogP contribution in [0, 0.1) is 5.41 Å². The molecule has 1 aliphatic heterocycles. The number of carbonyl (C=O) groups excluding carboxylic acids is 2. The third-order valence-electron chi connectivity index (χ3n) is 5.45. The Kier molecular flexibility index (Phi) is 6.28. The number of hydrogen-bond donors (Lipinski definition) is 3. The molecule has 3 N–H and O–H groups in total. The minimum Gasteiger partial charge on any atom is -0.380 e. The zero-order valence-corrected chi connectivity index (χ0v) is 18.3. The number of aliphatic hydroxyl groups excluding tert-OH is 1. The predicted octanol–water partition coefficient (Wildman–Crippen LogP) is 1.30. The maximum absolute atomic E-state index is 13.2.